The molecule has 1 atom stereocenters. The van der Waals surface area contributed by atoms with Gasteiger partial charge in [-0.05, 0) is 50.1 Å². The Morgan fingerprint density at radius 2 is 1.14 bits per heavy atom. The number of unbranched alkanes of at least 4 members (excludes halogenated alkanes) is 5. The van der Waals surface area contributed by atoms with E-state index < -0.39 is 0 Å². The van der Waals surface area contributed by atoms with Gasteiger partial charge >= 0.3 is 0 Å². The molecule has 0 aliphatic carbocycles. The maximum Gasteiger partial charge on any atom is -0.00200 e. The molecular weight excluding hydrogens is 338 g/mol. The van der Waals surface area contributed by atoms with Crippen molar-refractivity contribution >= 4 is 0 Å². The summed E-state index contributed by atoms with van der Waals surface area (Å²) < 4.78 is 0. The van der Waals surface area contributed by atoms with Gasteiger partial charge in [0.25, 0.3) is 0 Å². The summed E-state index contributed by atoms with van der Waals surface area (Å²) in [5.74, 6) is 0.979. The SMILES string of the molecule is CC.CC.CC.CCCCC(C)(C)CCCC1CCNC1.CCCCCCC. The predicted octanol–water partition coefficient (Wildman–Crippen LogP) is 10.0. The zero-order valence-electron chi connectivity index (χ0n) is 22.5. The van der Waals surface area contributed by atoms with Gasteiger partial charge < -0.3 is 5.32 Å². The van der Waals surface area contributed by atoms with Crippen LogP contribution in [0.3, 0.4) is 0 Å². The van der Waals surface area contributed by atoms with Crippen LogP contribution in [0, 0.1) is 11.3 Å². The molecule has 0 spiro atoms. The third kappa shape index (κ3) is 30.7. The Labute approximate surface area is 183 Å². The average Bonchev–Trinajstić information content (AvgIpc) is 3.25. The van der Waals surface area contributed by atoms with E-state index in [-0.39, 0.29) is 0 Å². The molecule has 0 amide bonds. The van der Waals surface area contributed by atoms with Crippen LogP contribution >= 0.6 is 0 Å². The highest BCUT2D eigenvalue weighted by Crippen LogP contribution is 2.30. The number of rotatable bonds is 11. The third-order valence-electron chi connectivity index (χ3n) is 5.04. The smallest absolute Gasteiger partial charge is 0.00200 e. The van der Waals surface area contributed by atoms with Gasteiger partial charge in [-0.15, -0.1) is 0 Å². The van der Waals surface area contributed by atoms with Gasteiger partial charge in [0.15, 0.2) is 0 Å². The molecule has 0 aromatic carbocycles. The van der Waals surface area contributed by atoms with E-state index in [1.807, 2.05) is 41.5 Å². The summed E-state index contributed by atoms with van der Waals surface area (Å²) in [4.78, 5) is 0. The second-order valence-corrected chi connectivity index (χ2v) is 8.08. The zero-order chi connectivity index (χ0) is 22.7. The lowest BCUT2D eigenvalue weighted by Gasteiger charge is -2.25. The molecule has 1 aliphatic heterocycles. The Morgan fingerprint density at radius 3 is 1.54 bits per heavy atom. The molecule has 0 saturated carbocycles. The van der Waals surface area contributed by atoms with Crippen molar-refractivity contribution in [2.75, 3.05) is 13.1 Å². The van der Waals surface area contributed by atoms with Gasteiger partial charge in [0, 0.05) is 0 Å². The minimum atomic E-state index is 0.585. The molecule has 28 heavy (non-hydrogen) atoms. The van der Waals surface area contributed by atoms with Crippen LogP contribution in [-0.4, -0.2) is 13.1 Å². The molecule has 0 bridgehead atoms. The van der Waals surface area contributed by atoms with Gasteiger partial charge in [-0.2, -0.15) is 0 Å². The van der Waals surface area contributed by atoms with Gasteiger partial charge in [-0.3, -0.25) is 0 Å². The highest BCUT2D eigenvalue weighted by atomic mass is 14.9. The molecule has 1 heterocycles. The zero-order valence-corrected chi connectivity index (χ0v) is 22.5. The Kier molecular flexibility index (Phi) is 40.0. The van der Waals surface area contributed by atoms with Crippen LogP contribution in [0.1, 0.15) is 153 Å². The molecule has 1 heteroatoms. The molecule has 1 aliphatic rings. The number of nitrogens with one attached hydrogen (secondary N) is 1. The lowest BCUT2D eigenvalue weighted by molar-refractivity contribution is 0.278. The maximum absolute atomic E-state index is 3.45. The lowest BCUT2D eigenvalue weighted by atomic mass is 9.81. The van der Waals surface area contributed by atoms with Gasteiger partial charge in [-0.1, -0.05) is 128 Å². The molecule has 0 aromatic rings. The van der Waals surface area contributed by atoms with Crippen LogP contribution < -0.4 is 5.32 Å². The van der Waals surface area contributed by atoms with Crippen molar-refractivity contribution in [3.8, 4) is 0 Å². The first-order valence-electron chi connectivity index (χ1n) is 13.3. The topological polar surface area (TPSA) is 12.0 Å². The first kappa shape index (κ1) is 35.4. The molecular formula is C27H63N. The molecule has 0 aromatic heterocycles. The fourth-order valence-electron chi connectivity index (χ4n) is 3.29. The van der Waals surface area contributed by atoms with Crippen LogP contribution in [0.4, 0.5) is 0 Å². The largest absolute Gasteiger partial charge is 0.316 e. The Morgan fingerprint density at radius 1 is 0.679 bits per heavy atom. The van der Waals surface area contributed by atoms with E-state index in [1.165, 1.54) is 90.1 Å². The summed E-state index contributed by atoms with van der Waals surface area (Å²) in [6, 6.07) is 0. The van der Waals surface area contributed by atoms with E-state index in [2.05, 4.69) is 39.9 Å². The summed E-state index contributed by atoms with van der Waals surface area (Å²) in [5.41, 5.74) is 0.585. The number of hydrogen-bond donors (Lipinski definition) is 1. The molecule has 1 N–H and O–H groups in total. The van der Waals surface area contributed by atoms with Crippen molar-refractivity contribution in [2.45, 2.75) is 153 Å². The second-order valence-electron chi connectivity index (χ2n) is 8.08. The van der Waals surface area contributed by atoms with Crippen LogP contribution in [0.15, 0.2) is 0 Å². The van der Waals surface area contributed by atoms with Gasteiger partial charge in [-0.25, -0.2) is 0 Å². The van der Waals surface area contributed by atoms with E-state index in [4.69, 9.17) is 0 Å². The quantitative estimate of drug-likeness (QED) is 0.339. The van der Waals surface area contributed by atoms with Crippen molar-refractivity contribution in [3.63, 3.8) is 0 Å². The van der Waals surface area contributed by atoms with Crippen molar-refractivity contribution in [1.29, 1.82) is 0 Å². The van der Waals surface area contributed by atoms with Crippen LogP contribution in [-0.2, 0) is 0 Å². The fraction of sp³-hybridized carbons (Fsp3) is 1.00. The molecule has 0 radical (unpaired) electrons. The fourth-order valence-corrected chi connectivity index (χ4v) is 3.29. The summed E-state index contributed by atoms with van der Waals surface area (Å²) in [5, 5.41) is 3.45. The van der Waals surface area contributed by atoms with Crippen molar-refractivity contribution in [1.82, 2.24) is 5.32 Å². The lowest BCUT2D eigenvalue weighted by Crippen LogP contribution is -2.13. The minimum absolute atomic E-state index is 0.585. The van der Waals surface area contributed by atoms with E-state index in [9.17, 15) is 0 Å². The highest BCUT2D eigenvalue weighted by Gasteiger charge is 2.19. The summed E-state index contributed by atoms with van der Waals surface area (Å²) in [6.45, 7) is 26.2. The van der Waals surface area contributed by atoms with E-state index in [0.29, 0.717) is 5.41 Å². The summed E-state index contributed by atoms with van der Waals surface area (Å²) in [7, 11) is 0. The van der Waals surface area contributed by atoms with Crippen LogP contribution in [0.25, 0.3) is 0 Å². The Bertz CT molecular complexity index is 212. The first-order chi connectivity index (χ1) is 13.6. The Balaban J connectivity index is -0.000000187. The van der Waals surface area contributed by atoms with Gasteiger partial charge in [0.2, 0.25) is 0 Å². The summed E-state index contributed by atoms with van der Waals surface area (Å²) >= 11 is 0. The maximum atomic E-state index is 3.45. The average molecular weight is 402 g/mol. The van der Waals surface area contributed by atoms with E-state index in [0.717, 1.165) is 5.92 Å². The molecule has 1 unspecified atom stereocenters. The van der Waals surface area contributed by atoms with E-state index >= 15 is 0 Å². The normalized spacial score (nSPS) is 14.9. The predicted molar refractivity (Wildman–Crippen MR) is 137 cm³/mol. The van der Waals surface area contributed by atoms with Crippen molar-refractivity contribution in [2.24, 2.45) is 11.3 Å². The minimum Gasteiger partial charge on any atom is -0.316 e. The second kappa shape index (κ2) is 31.6. The van der Waals surface area contributed by atoms with Crippen LogP contribution in [0.2, 0.25) is 0 Å². The van der Waals surface area contributed by atoms with Crippen LogP contribution in [0.5, 0.6) is 0 Å². The number of hydrogen-bond acceptors (Lipinski definition) is 1. The van der Waals surface area contributed by atoms with Gasteiger partial charge in [0.1, 0.15) is 0 Å². The molecule has 1 nitrogen and oxygen atoms in total. The monoisotopic (exact) mass is 401 g/mol. The van der Waals surface area contributed by atoms with Crippen molar-refractivity contribution in [3.05, 3.63) is 0 Å². The molecule has 176 valence electrons. The first-order valence-corrected chi connectivity index (χ1v) is 13.3. The van der Waals surface area contributed by atoms with Crippen molar-refractivity contribution < 1.29 is 0 Å². The summed E-state index contributed by atoms with van der Waals surface area (Å²) in [6.07, 6.45) is 16.9. The highest BCUT2D eigenvalue weighted by molar-refractivity contribution is 4.74. The standard InChI is InChI=1S/C14H29N.C7H16.3C2H6/c1-4-5-9-14(2,3)10-6-7-13-8-11-15-12-13;1-3-5-7-6-4-2;3*1-2/h13,15H,4-12H2,1-3H3;3-7H2,1-2H3;3*1-2H3. The molecule has 1 saturated heterocycles. The molecule has 1 fully saturated rings. The van der Waals surface area contributed by atoms with E-state index in [1.54, 1.807) is 0 Å². The third-order valence-corrected chi connectivity index (χ3v) is 5.04. The van der Waals surface area contributed by atoms with Gasteiger partial charge in [0.05, 0.1) is 0 Å². The molecule has 1 rings (SSSR count). The Hall–Kier alpha value is -0.0400.